The van der Waals surface area contributed by atoms with Gasteiger partial charge >= 0.3 is 13.8 Å². The summed E-state index contributed by atoms with van der Waals surface area (Å²) in [6.07, 6.45) is 55.1. The Hall–Kier alpha value is -2.29. The number of allylic oxidation sites excluding steroid dienone is 9. The molecule has 10 heteroatoms. The smallest absolute Gasteiger partial charge is 0.456 e. The number of ether oxygens (including phenoxy) is 1. The second kappa shape index (κ2) is 45.5. The van der Waals surface area contributed by atoms with E-state index in [1.165, 1.54) is 116 Å². The number of hydrogen-bond donors (Lipinski definition) is 2. The van der Waals surface area contributed by atoms with Crippen LogP contribution in [0.15, 0.2) is 60.8 Å². The van der Waals surface area contributed by atoms with Gasteiger partial charge in [0.1, 0.15) is 19.3 Å². The Morgan fingerprint density at radius 2 is 1.00 bits per heavy atom. The summed E-state index contributed by atoms with van der Waals surface area (Å²) in [5, 5.41) is 2.99. The highest BCUT2D eigenvalue weighted by molar-refractivity contribution is 7.47. The van der Waals surface area contributed by atoms with Crippen molar-refractivity contribution in [2.75, 3.05) is 40.9 Å². The van der Waals surface area contributed by atoms with Crippen molar-refractivity contribution >= 4 is 19.7 Å². The molecule has 9 nitrogen and oxygen atoms in total. The molecule has 0 bridgehead atoms. The lowest BCUT2D eigenvalue weighted by Gasteiger charge is -2.27. The summed E-state index contributed by atoms with van der Waals surface area (Å²) in [4.78, 5) is 37.4. The largest absolute Gasteiger partial charge is 0.472 e. The van der Waals surface area contributed by atoms with Gasteiger partial charge in [0.2, 0.25) is 5.91 Å². The second-order valence-electron chi connectivity index (χ2n) is 19.1. The van der Waals surface area contributed by atoms with Crippen molar-refractivity contribution in [2.24, 2.45) is 0 Å². The van der Waals surface area contributed by atoms with Crippen LogP contribution in [0.4, 0.5) is 0 Å². The number of unbranched alkanes of at least 4 members (excludes halogenated alkanes) is 24. The monoisotopic (exact) mass is 934 g/mol. The number of phosphoric acid groups is 1. The van der Waals surface area contributed by atoms with Gasteiger partial charge in [-0.2, -0.15) is 0 Å². The second-order valence-corrected chi connectivity index (χ2v) is 20.5. The number of quaternary nitrogens is 1. The maximum Gasteiger partial charge on any atom is 0.472 e. The van der Waals surface area contributed by atoms with Gasteiger partial charge in [-0.3, -0.25) is 18.6 Å². The third-order valence-corrected chi connectivity index (χ3v) is 12.5. The average Bonchev–Trinajstić information content (AvgIpc) is 3.26. The Kier molecular flexibility index (Phi) is 43.9. The predicted octanol–water partition coefficient (Wildman–Crippen LogP) is 15.5. The van der Waals surface area contributed by atoms with Gasteiger partial charge in [-0.15, -0.1) is 0 Å². The molecule has 3 unspecified atom stereocenters. The van der Waals surface area contributed by atoms with Gasteiger partial charge in [0, 0.05) is 12.8 Å². The molecule has 378 valence electrons. The number of hydrogen-bond acceptors (Lipinski definition) is 6. The number of amides is 1. The first-order valence-corrected chi connectivity index (χ1v) is 28.1. The fourth-order valence-electron chi connectivity index (χ4n) is 7.27. The van der Waals surface area contributed by atoms with Crippen LogP contribution in [0.3, 0.4) is 0 Å². The Labute approximate surface area is 401 Å². The van der Waals surface area contributed by atoms with Gasteiger partial charge in [0.15, 0.2) is 0 Å². The zero-order chi connectivity index (χ0) is 48.0. The lowest BCUT2D eigenvalue weighted by molar-refractivity contribution is -0.870. The molecule has 65 heavy (non-hydrogen) atoms. The van der Waals surface area contributed by atoms with E-state index in [2.05, 4.69) is 68.6 Å². The Morgan fingerprint density at radius 3 is 1.54 bits per heavy atom. The fourth-order valence-corrected chi connectivity index (χ4v) is 8.01. The Bertz CT molecular complexity index is 1300. The molecule has 0 radical (unpaired) electrons. The molecule has 0 saturated heterocycles. The highest BCUT2D eigenvalue weighted by Crippen LogP contribution is 2.43. The number of carbonyl (C=O) groups is 2. The van der Waals surface area contributed by atoms with Crippen LogP contribution in [0.2, 0.25) is 0 Å². The molecule has 0 aromatic carbocycles. The van der Waals surface area contributed by atoms with Crippen molar-refractivity contribution in [1.29, 1.82) is 0 Å². The van der Waals surface area contributed by atoms with Crippen LogP contribution in [-0.4, -0.2) is 74.3 Å². The van der Waals surface area contributed by atoms with Gasteiger partial charge in [0.25, 0.3) is 0 Å². The molecule has 0 saturated carbocycles. The van der Waals surface area contributed by atoms with Crippen LogP contribution in [-0.2, 0) is 27.9 Å². The first-order chi connectivity index (χ1) is 31.4. The molecular weight excluding hydrogens is 832 g/mol. The molecule has 1 amide bonds. The van der Waals surface area contributed by atoms with E-state index in [1.807, 2.05) is 39.4 Å². The molecule has 0 aliphatic heterocycles. The van der Waals surface area contributed by atoms with E-state index in [9.17, 15) is 19.0 Å². The Balaban J connectivity index is 5.49. The van der Waals surface area contributed by atoms with E-state index in [4.69, 9.17) is 13.8 Å². The summed E-state index contributed by atoms with van der Waals surface area (Å²) in [7, 11) is 1.45. The van der Waals surface area contributed by atoms with Crippen LogP contribution >= 0.6 is 7.82 Å². The number of carbonyl (C=O) groups excluding carboxylic acids is 2. The van der Waals surface area contributed by atoms with Crippen molar-refractivity contribution in [2.45, 2.75) is 238 Å². The fraction of sp³-hybridized carbons (Fsp3) is 0.782. The van der Waals surface area contributed by atoms with Crippen LogP contribution in [0.25, 0.3) is 0 Å². The quantitative estimate of drug-likeness (QED) is 0.0156. The first-order valence-electron chi connectivity index (χ1n) is 26.6. The molecule has 0 aliphatic rings. The van der Waals surface area contributed by atoms with Crippen LogP contribution in [0, 0.1) is 0 Å². The number of likely N-dealkylation sites (N-methyl/N-ethyl adjacent to an activating group) is 1. The highest BCUT2D eigenvalue weighted by Gasteiger charge is 2.30. The van der Waals surface area contributed by atoms with Crippen molar-refractivity contribution in [3.8, 4) is 0 Å². The SMILES string of the molecule is CCCCC/C=C/C=C/CCCCCCCCC(=O)OC(/C=C/CCCCCCCCCCC)C(COP(=O)(O)OCC[N+](C)(C)C)NC(=O)CC/C=C/C/C=C\CCCCCCCC. The topological polar surface area (TPSA) is 111 Å². The third kappa shape index (κ3) is 46.6. The normalized spacial score (nSPS) is 14.4. The molecule has 0 aromatic heterocycles. The van der Waals surface area contributed by atoms with Gasteiger partial charge < -0.3 is 19.4 Å². The van der Waals surface area contributed by atoms with Gasteiger partial charge in [-0.05, 0) is 76.7 Å². The number of rotatable bonds is 47. The van der Waals surface area contributed by atoms with Crippen molar-refractivity contribution in [3.63, 3.8) is 0 Å². The predicted molar refractivity (Wildman–Crippen MR) is 277 cm³/mol. The van der Waals surface area contributed by atoms with Crippen molar-refractivity contribution in [3.05, 3.63) is 60.8 Å². The van der Waals surface area contributed by atoms with Crippen LogP contribution < -0.4 is 5.32 Å². The molecule has 0 heterocycles. The van der Waals surface area contributed by atoms with Gasteiger partial charge in [0.05, 0.1) is 33.8 Å². The molecule has 2 N–H and O–H groups in total. The maximum atomic E-state index is 13.4. The van der Waals surface area contributed by atoms with Crippen molar-refractivity contribution in [1.82, 2.24) is 5.32 Å². The first kappa shape index (κ1) is 62.7. The van der Waals surface area contributed by atoms with Gasteiger partial charge in [-0.25, -0.2) is 4.57 Å². The molecule has 0 spiro atoms. The lowest BCUT2D eigenvalue weighted by Crippen LogP contribution is -2.47. The maximum absolute atomic E-state index is 13.4. The minimum Gasteiger partial charge on any atom is -0.456 e. The summed E-state index contributed by atoms with van der Waals surface area (Å²) in [6.45, 7) is 6.90. The summed E-state index contributed by atoms with van der Waals surface area (Å²) in [6, 6.07) is -0.882. The third-order valence-electron chi connectivity index (χ3n) is 11.5. The lowest BCUT2D eigenvalue weighted by atomic mass is 10.1. The zero-order valence-electron chi connectivity index (χ0n) is 43.0. The summed E-state index contributed by atoms with van der Waals surface area (Å²) >= 11 is 0. The minimum absolute atomic E-state index is 0.0276. The molecular formula is C55H102N2O7P+. The summed E-state index contributed by atoms with van der Waals surface area (Å²) in [5.74, 6) is -0.600. The van der Waals surface area contributed by atoms with E-state index >= 15 is 0 Å². The number of nitrogens with zero attached hydrogens (tertiary/aromatic N) is 1. The number of phosphoric ester groups is 1. The minimum atomic E-state index is -4.45. The molecule has 3 atom stereocenters. The van der Waals surface area contributed by atoms with Crippen molar-refractivity contribution < 1.29 is 37.3 Å². The summed E-state index contributed by atoms with van der Waals surface area (Å²) < 4.78 is 30.4. The highest BCUT2D eigenvalue weighted by atomic mass is 31.2. The standard InChI is InChI=1S/C55H101N2O7P/c1-7-10-13-16-19-22-25-27-28-30-33-36-39-42-45-48-55(59)64-53(46-43-40-37-34-31-24-21-18-15-12-9-3)52(51-63-65(60,61)62-50-49-57(4,5)6)56-54(58)47-44-41-38-35-32-29-26-23-20-17-14-11-8-2/h19,22,25,27,29,32,38,41,43,46,52-53H,7-18,20-21,23-24,26,28,30-31,33-37,39-40,42,44-45,47-51H2,1-6H3,(H-,56,58,60,61)/p+1/b22-19+,27-25+,32-29-,41-38+,46-43+. The molecule has 0 aromatic rings. The molecule has 0 fully saturated rings. The summed E-state index contributed by atoms with van der Waals surface area (Å²) in [5.41, 5.74) is 0. The van der Waals surface area contributed by atoms with E-state index in [-0.39, 0.29) is 37.9 Å². The van der Waals surface area contributed by atoms with Crippen LogP contribution in [0.5, 0.6) is 0 Å². The number of esters is 1. The van der Waals surface area contributed by atoms with E-state index < -0.39 is 20.0 Å². The zero-order valence-corrected chi connectivity index (χ0v) is 43.9. The van der Waals surface area contributed by atoms with Crippen LogP contribution in [0.1, 0.15) is 226 Å². The van der Waals surface area contributed by atoms with E-state index in [0.717, 1.165) is 70.6 Å². The Morgan fingerprint density at radius 1 is 0.554 bits per heavy atom. The van der Waals surface area contributed by atoms with E-state index in [1.54, 1.807) is 0 Å². The van der Waals surface area contributed by atoms with Gasteiger partial charge in [-0.1, -0.05) is 197 Å². The number of nitrogens with one attached hydrogen (secondary N) is 1. The molecule has 0 rings (SSSR count). The van der Waals surface area contributed by atoms with E-state index in [0.29, 0.717) is 17.4 Å². The average molecular weight is 934 g/mol. The molecule has 0 aliphatic carbocycles.